The maximum absolute atomic E-state index is 5.90. The maximum Gasteiger partial charge on any atom is 0.164 e. The Labute approximate surface area is 125 Å². The van der Waals surface area contributed by atoms with Crippen LogP contribution in [0.3, 0.4) is 0 Å². The fourth-order valence-electron chi connectivity index (χ4n) is 1.93. The molecule has 0 bridgehead atoms. The first-order valence-corrected chi connectivity index (χ1v) is 7.23. The maximum atomic E-state index is 5.90. The van der Waals surface area contributed by atoms with Crippen molar-refractivity contribution < 1.29 is 4.74 Å². The third-order valence-corrected chi connectivity index (χ3v) is 3.46. The average Bonchev–Trinajstić information content (AvgIpc) is 2.77. The van der Waals surface area contributed by atoms with E-state index in [-0.39, 0.29) is 0 Å². The standard InChI is InChI=1S/C13H15BrClN3O/c1-9-5-10(7-11(14)6-9)13-17-16-12(8-15)18(13)3-4-19-2/h5-7H,3-4,8H2,1-2H3. The van der Waals surface area contributed by atoms with Crippen LogP contribution < -0.4 is 0 Å². The Morgan fingerprint density at radius 1 is 1.32 bits per heavy atom. The fourth-order valence-corrected chi connectivity index (χ4v) is 2.74. The number of hydrogen-bond donors (Lipinski definition) is 0. The Morgan fingerprint density at radius 2 is 2.11 bits per heavy atom. The van der Waals surface area contributed by atoms with E-state index in [0.717, 1.165) is 27.2 Å². The Kier molecular flexibility index (Phi) is 4.96. The van der Waals surface area contributed by atoms with E-state index in [1.165, 1.54) is 0 Å². The molecule has 0 saturated carbocycles. The number of methoxy groups -OCH3 is 1. The monoisotopic (exact) mass is 343 g/mol. The predicted octanol–water partition coefficient (Wildman–Crippen LogP) is 3.40. The van der Waals surface area contributed by atoms with Crippen molar-refractivity contribution in [3.63, 3.8) is 0 Å². The molecule has 0 aliphatic heterocycles. The zero-order valence-electron chi connectivity index (χ0n) is 10.9. The number of benzene rings is 1. The van der Waals surface area contributed by atoms with Gasteiger partial charge in [-0.05, 0) is 30.7 Å². The Morgan fingerprint density at radius 3 is 2.74 bits per heavy atom. The molecule has 0 radical (unpaired) electrons. The zero-order valence-corrected chi connectivity index (χ0v) is 13.2. The highest BCUT2D eigenvalue weighted by Gasteiger charge is 2.13. The van der Waals surface area contributed by atoms with Crippen LogP contribution in [0.25, 0.3) is 11.4 Å². The number of ether oxygens (including phenoxy) is 1. The van der Waals surface area contributed by atoms with Gasteiger partial charge < -0.3 is 9.30 Å². The van der Waals surface area contributed by atoms with Crippen LogP contribution in [-0.4, -0.2) is 28.5 Å². The van der Waals surface area contributed by atoms with Gasteiger partial charge in [0.05, 0.1) is 12.5 Å². The van der Waals surface area contributed by atoms with E-state index in [4.69, 9.17) is 16.3 Å². The van der Waals surface area contributed by atoms with Crippen molar-refractivity contribution in [2.24, 2.45) is 0 Å². The van der Waals surface area contributed by atoms with Crippen LogP contribution in [0.4, 0.5) is 0 Å². The van der Waals surface area contributed by atoms with E-state index in [9.17, 15) is 0 Å². The number of rotatable bonds is 5. The molecule has 0 unspecified atom stereocenters. The molecule has 0 atom stereocenters. The van der Waals surface area contributed by atoms with Gasteiger partial charge in [-0.3, -0.25) is 0 Å². The van der Waals surface area contributed by atoms with E-state index < -0.39 is 0 Å². The van der Waals surface area contributed by atoms with E-state index in [0.29, 0.717) is 19.0 Å². The summed E-state index contributed by atoms with van der Waals surface area (Å²) in [4.78, 5) is 0. The molecule has 0 fully saturated rings. The molecular formula is C13H15BrClN3O. The van der Waals surface area contributed by atoms with E-state index in [2.05, 4.69) is 38.3 Å². The van der Waals surface area contributed by atoms with Crippen molar-refractivity contribution in [3.05, 3.63) is 34.1 Å². The van der Waals surface area contributed by atoms with Crippen LogP contribution in [0.2, 0.25) is 0 Å². The van der Waals surface area contributed by atoms with Gasteiger partial charge in [0.25, 0.3) is 0 Å². The van der Waals surface area contributed by atoms with Crippen molar-refractivity contribution in [2.45, 2.75) is 19.3 Å². The second-order valence-electron chi connectivity index (χ2n) is 4.24. The normalized spacial score (nSPS) is 10.9. The first-order chi connectivity index (χ1) is 9.15. The smallest absolute Gasteiger partial charge is 0.164 e. The molecule has 4 nitrogen and oxygen atoms in total. The summed E-state index contributed by atoms with van der Waals surface area (Å²) >= 11 is 9.40. The molecule has 19 heavy (non-hydrogen) atoms. The number of aryl methyl sites for hydroxylation is 1. The van der Waals surface area contributed by atoms with Crippen LogP contribution in [0.15, 0.2) is 22.7 Å². The highest BCUT2D eigenvalue weighted by molar-refractivity contribution is 9.10. The first kappa shape index (κ1) is 14.5. The van der Waals surface area contributed by atoms with Crippen molar-refractivity contribution >= 4 is 27.5 Å². The molecule has 2 rings (SSSR count). The lowest BCUT2D eigenvalue weighted by Crippen LogP contribution is -2.09. The minimum Gasteiger partial charge on any atom is -0.383 e. The average molecular weight is 345 g/mol. The molecular weight excluding hydrogens is 330 g/mol. The summed E-state index contributed by atoms with van der Waals surface area (Å²) in [5, 5.41) is 8.38. The number of alkyl halides is 1. The summed E-state index contributed by atoms with van der Waals surface area (Å²) in [7, 11) is 1.67. The Hall–Kier alpha value is -0.910. The molecule has 0 aliphatic rings. The van der Waals surface area contributed by atoms with Crippen LogP contribution in [0, 0.1) is 6.92 Å². The summed E-state index contributed by atoms with van der Waals surface area (Å²) in [5.41, 5.74) is 2.19. The molecule has 102 valence electrons. The summed E-state index contributed by atoms with van der Waals surface area (Å²) in [6, 6.07) is 6.16. The van der Waals surface area contributed by atoms with Crippen molar-refractivity contribution in [2.75, 3.05) is 13.7 Å². The van der Waals surface area contributed by atoms with Gasteiger partial charge in [0.15, 0.2) is 5.82 Å². The third-order valence-electron chi connectivity index (χ3n) is 2.77. The minimum atomic E-state index is 0.337. The number of hydrogen-bond acceptors (Lipinski definition) is 3. The van der Waals surface area contributed by atoms with Gasteiger partial charge in [0, 0.05) is 23.7 Å². The molecule has 0 saturated heterocycles. The van der Waals surface area contributed by atoms with E-state index in [1.54, 1.807) is 7.11 Å². The van der Waals surface area contributed by atoms with Crippen molar-refractivity contribution in [1.82, 2.24) is 14.8 Å². The second-order valence-corrected chi connectivity index (χ2v) is 5.42. The molecule has 0 aliphatic carbocycles. The van der Waals surface area contributed by atoms with Gasteiger partial charge in [-0.15, -0.1) is 21.8 Å². The predicted molar refractivity (Wildman–Crippen MR) is 79.3 cm³/mol. The van der Waals surface area contributed by atoms with Crippen LogP contribution >= 0.6 is 27.5 Å². The van der Waals surface area contributed by atoms with Gasteiger partial charge in [-0.25, -0.2) is 0 Å². The Balaban J connectivity index is 2.45. The molecule has 0 spiro atoms. The summed E-state index contributed by atoms with van der Waals surface area (Å²) < 4.78 is 8.15. The van der Waals surface area contributed by atoms with Gasteiger partial charge in [0.1, 0.15) is 5.82 Å². The van der Waals surface area contributed by atoms with E-state index >= 15 is 0 Å². The van der Waals surface area contributed by atoms with Crippen LogP contribution in [0.5, 0.6) is 0 Å². The lowest BCUT2D eigenvalue weighted by atomic mass is 10.1. The fraction of sp³-hybridized carbons (Fsp3) is 0.385. The molecule has 0 amide bonds. The molecule has 1 aromatic carbocycles. The first-order valence-electron chi connectivity index (χ1n) is 5.90. The SMILES string of the molecule is COCCn1c(CCl)nnc1-c1cc(C)cc(Br)c1. The van der Waals surface area contributed by atoms with Gasteiger partial charge in [-0.1, -0.05) is 15.9 Å². The van der Waals surface area contributed by atoms with Crippen molar-refractivity contribution in [3.8, 4) is 11.4 Å². The molecule has 1 aromatic heterocycles. The van der Waals surface area contributed by atoms with Gasteiger partial charge in [-0.2, -0.15) is 0 Å². The number of nitrogens with zero attached hydrogens (tertiary/aromatic N) is 3. The zero-order chi connectivity index (χ0) is 13.8. The molecule has 1 heterocycles. The highest BCUT2D eigenvalue weighted by Crippen LogP contribution is 2.24. The molecule has 0 N–H and O–H groups in total. The van der Waals surface area contributed by atoms with Crippen LogP contribution in [0.1, 0.15) is 11.4 Å². The summed E-state index contributed by atoms with van der Waals surface area (Å²) in [6.45, 7) is 3.33. The van der Waals surface area contributed by atoms with Gasteiger partial charge in [0.2, 0.25) is 0 Å². The summed E-state index contributed by atoms with van der Waals surface area (Å²) in [6.07, 6.45) is 0. The third kappa shape index (κ3) is 3.35. The van der Waals surface area contributed by atoms with Crippen LogP contribution in [-0.2, 0) is 17.2 Å². The largest absolute Gasteiger partial charge is 0.383 e. The van der Waals surface area contributed by atoms with Crippen molar-refractivity contribution in [1.29, 1.82) is 0 Å². The van der Waals surface area contributed by atoms with E-state index in [1.807, 2.05) is 17.6 Å². The topological polar surface area (TPSA) is 39.9 Å². The summed E-state index contributed by atoms with van der Waals surface area (Å²) in [5.74, 6) is 1.91. The Bertz CT molecular complexity index is 551. The minimum absolute atomic E-state index is 0.337. The quantitative estimate of drug-likeness (QED) is 0.781. The number of halogens is 2. The second kappa shape index (κ2) is 6.50. The lowest BCUT2D eigenvalue weighted by Gasteiger charge is -2.09. The number of aromatic nitrogens is 3. The molecule has 2 aromatic rings. The lowest BCUT2D eigenvalue weighted by molar-refractivity contribution is 0.187. The van der Waals surface area contributed by atoms with Gasteiger partial charge >= 0.3 is 0 Å². The molecule has 6 heteroatoms. The highest BCUT2D eigenvalue weighted by atomic mass is 79.9.